The molecule has 0 amide bonds. The Bertz CT molecular complexity index is 1070. The zero-order valence-electron chi connectivity index (χ0n) is 15.0. The molecule has 0 aliphatic carbocycles. The number of para-hydroxylation sites is 1. The SMILES string of the molecule is CC(=O)c1cccc(S(=O)(=O)N2CCC[C@@H](c3nc4ccccc4s3)C2)c1. The Hall–Kier alpha value is -2.09. The lowest BCUT2D eigenvalue weighted by Gasteiger charge is -2.31. The van der Waals surface area contributed by atoms with Crippen LogP contribution in [0.25, 0.3) is 10.2 Å². The fourth-order valence-electron chi connectivity index (χ4n) is 3.45. The fourth-order valence-corrected chi connectivity index (χ4v) is 6.12. The van der Waals surface area contributed by atoms with E-state index in [1.807, 2.05) is 24.3 Å². The molecule has 0 spiro atoms. The van der Waals surface area contributed by atoms with Crippen LogP contribution in [0.15, 0.2) is 53.4 Å². The van der Waals surface area contributed by atoms with Gasteiger partial charge in [-0.3, -0.25) is 4.79 Å². The zero-order chi connectivity index (χ0) is 19.0. The number of ketones is 1. The van der Waals surface area contributed by atoms with Gasteiger partial charge in [0.2, 0.25) is 10.0 Å². The maximum atomic E-state index is 13.1. The van der Waals surface area contributed by atoms with Gasteiger partial charge in [-0.25, -0.2) is 13.4 Å². The molecule has 5 nitrogen and oxygen atoms in total. The standard InChI is InChI=1S/C20H20N2O3S2/c1-14(23)15-6-4-8-17(12-15)27(24,25)22-11-5-7-16(13-22)20-21-18-9-2-3-10-19(18)26-20/h2-4,6,8-10,12,16H,5,7,11,13H2,1H3/t16-/m1/s1. The van der Waals surface area contributed by atoms with Crippen molar-refractivity contribution in [1.29, 1.82) is 0 Å². The maximum Gasteiger partial charge on any atom is 0.243 e. The molecule has 1 saturated heterocycles. The second-order valence-electron chi connectivity index (χ2n) is 6.81. The van der Waals surface area contributed by atoms with Crippen LogP contribution >= 0.6 is 11.3 Å². The molecule has 1 aromatic heterocycles. The molecule has 3 aromatic rings. The van der Waals surface area contributed by atoms with Crippen molar-refractivity contribution in [2.24, 2.45) is 0 Å². The second kappa shape index (κ2) is 7.14. The molecule has 27 heavy (non-hydrogen) atoms. The number of carbonyl (C=O) groups is 1. The average Bonchev–Trinajstić information content (AvgIpc) is 3.12. The Labute approximate surface area is 162 Å². The summed E-state index contributed by atoms with van der Waals surface area (Å²) in [5, 5.41) is 0.994. The van der Waals surface area contributed by atoms with Crippen LogP contribution in [0.4, 0.5) is 0 Å². The van der Waals surface area contributed by atoms with E-state index < -0.39 is 10.0 Å². The molecule has 0 saturated carbocycles. The van der Waals surface area contributed by atoms with E-state index in [9.17, 15) is 13.2 Å². The molecule has 1 atom stereocenters. The second-order valence-corrected chi connectivity index (χ2v) is 9.81. The third-order valence-electron chi connectivity index (χ3n) is 4.92. The number of Topliss-reactive ketones (excluding diaryl/α,β-unsaturated/α-hetero) is 1. The highest BCUT2D eigenvalue weighted by Gasteiger charge is 2.32. The predicted molar refractivity (Wildman–Crippen MR) is 107 cm³/mol. The predicted octanol–water partition coefficient (Wildman–Crippen LogP) is 4.07. The number of rotatable bonds is 4. The lowest BCUT2D eigenvalue weighted by Crippen LogP contribution is -2.39. The van der Waals surface area contributed by atoms with E-state index in [0.717, 1.165) is 28.1 Å². The van der Waals surface area contributed by atoms with Crippen molar-refractivity contribution in [3.05, 3.63) is 59.1 Å². The molecule has 7 heteroatoms. The highest BCUT2D eigenvalue weighted by Crippen LogP contribution is 2.34. The van der Waals surface area contributed by atoms with Gasteiger partial charge in [0.1, 0.15) is 0 Å². The number of carbonyl (C=O) groups excluding carboxylic acids is 1. The molecule has 1 aliphatic heterocycles. The lowest BCUT2D eigenvalue weighted by atomic mass is 10.0. The van der Waals surface area contributed by atoms with E-state index >= 15 is 0 Å². The first-order chi connectivity index (χ1) is 12.9. The summed E-state index contributed by atoms with van der Waals surface area (Å²) >= 11 is 1.64. The summed E-state index contributed by atoms with van der Waals surface area (Å²) in [5.41, 5.74) is 1.38. The number of hydrogen-bond acceptors (Lipinski definition) is 5. The minimum absolute atomic E-state index is 0.0990. The number of piperidine rings is 1. The van der Waals surface area contributed by atoms with Crippen molar-refractivity contribution in [2.75, 3.05) is 13.1 Å². The third-order valence-corrected chi connectivity index (χ3v) is 7.98. The molecular formula is C20H20N2O3S2. The van der Waals surface area contributed by atoms with E-state index in [1.54, 1.807) is 29.5 Å². The van der Waals surface area contributed by atoms with Gasteiger partial charge in [-0.15, -0.1) is 11.3 Å². The van der Waals surface area contributed by atoms with Crippen LogP contribution in [-0.2, 0) is 10.0 Å². The third kappa shape index (κ3) is 3.54. The normalized spacial score (nSPS) is 18.6. The van der Waals surface area contributed by atoms with Crippen molar-refractivity contribution < 1.29 is 13.2 Å². The Morgan fingerprint density at radius 2 is 2.00 bits per heavy atom. The molecule has 0 N–H and O–H groups in total. The minimum Gasteiger partial charge on any atom is -0.295 e. The monoisotopic (exact) mass is 400 g/mol. The van der Waals surface area contributed by atoms with E-state index in [2.05, 4.69) is 0 Å². The fraction of sp³-hybridized carbons (Fsp3) is 0.300. The van der Waals surface area contributed by atoms with Gasteiger partial charge in [0.05, 0.1) is 20.1 Å². The summed E-state index contributed by atoms with van der Waals surface area (Å²) in [5.74, 6) is -0.0417. The summed E-state index contributed by atoms with van der Waals surface area (Å²) in [6, 6.07) is 14.3. The summed E-state index contributed by atoms with van der Waals surface area (Å²) < 4.78 is 28.9. The number of aromatic nitrogens is 1. The van der Waals surface area contributed by atoms with Gasteiger partial charge in [-0.05, 0) is 44.0 Å². The molecule has 140 valence electrons. The molecule has 1 aliphatic rings. The molecule has 1 fully saturated rings. The molecular weight excluding hydrogens is 380 g/mol. The molecule has 0 bridgehead atoms. The molecule has 0 radical (unpaired) electrons. The number of sulfonamides is 1. The average molecular weight is 401 g/mol. The van der Waals surface area contributed by atoms with Gasteiger partial charge in [-0.1, -0.05) is 24.3 Å². The number of hydrogen-bond donors (Lipinski definition) is 0. The number of benzene rings is 2. The molecule has 0 unspecified atom stereocenters. The van der Waals surface area contributed by atoms with Crippen molar-refractivity contribution >= 4 is 37.4 Å². The van der Waals surface area contributed by atoms with Gasteiger partial charge in [0, 0.05) is 24.6 Å². The first-order valence-corrected chi connectivity index (χ1v) is 11.2. The molecule has 4 rings (SSSR count). The quantitative estimate of drug-likeness (QED) is 0.619. The van der Waals surface area contributed by atoms with Crippen LogP contribution in [0.5, 0.6) is 0 Å². The highest BCUT2D eigenvalue weighted by molar-refractivity contribution is 7.89. The molecule has 2 heterocycles. The zero-order valence-corrected chi connectivity index (χ0v) is 16.6. The van der Waals surface area contributed by atoms with E-state index in [0.29, 0.717) is 18.7 Å². The van der Waals surface area contributed by atoms with Crippen LogP contribution < -0.4 is 0 Å². The van der Waals surface area contributed by atoms with E-state index in [1.165, 1.54) is 17.3 Å². The van der Waals surface area contributed by atoms with Gasteiger partial charge in [0.25, 0.3) is 0 Å². The maximum absolute atomic E-state index is 13.1. The van der Waals surface area contributed by atoms with Crippen LogP contribution in [0.2, 0.25) is 0 Å². The van der Waals surface area contributed by atoms with Gasteiger partial charge in [0.15, 0.2) is 5.78 Å². The van der Waals surface area contributed by atoms with Crippen LogP contribution in [-0.4, -0.2) is 36.6 Å². The van der Waals surface area contributed by atoms with Crippen molar-refractivity contribution in [3.8, 4) is 0 Å². The summed E-state index contributed by atoms with van der Waals surface area (Å²) in [4.78, 5) is 16.5. The first-order valence-electron chi connectivity index (χ1n) is 8.92. The van der Waals surface area contributed by atoms with Crippen molar-refractivity contribution in [2.45, 2.75) is 30.6 Å². The summed E-state index contributed by atoms with van der Waals surface area (Å²) in [6.07, 6.45) is 1.73. The Morgan fingerprint density at radius 1 is 1.19 bits per heavy atom. The van der Waals surface area contributed by atoms with Crippen LogP contribution in [0.1, 0.15) is 41.0 Å². The summed E-state index contributed by atoms with van der Waals surface area (Å²) in [7, 11) is -3.63. The number of thiazole rings is 1. The first kappa shape index (κ1) is 18.3. The van der Waals surface area contributed by atoms with E-state index in [4.69, 9.17) is 4.98 Å². The summed E-state index contributed by atoms with van der Waals surface area (Å²) in [6.45, 7) is 2.36. The number of nitrogens with zero attached hydrogens (tertiary/aromatic N) is 2. The highest BCUT2D eigenvalue weighted by atomic mass is 32.2. The Kier molecular flexibility index (Phi) is 4.84. The van der Waals surface area contributed by atoms with Crippen LogP contribution in [0.3, 0.4) is 0 Å². The van der Waals surface area contributed by atoms with Crippen molar-refractivity contribution in [3.63, 3.8) is 0 Å². The smallest absolute Gasteiger partial charge is 0.243 e. The lowest BCUT2D eigenvalue weighted by molar-refractivity contribution is 0.101. The Morgan fingerprint density at radius 3 is 2.78 bits per heavy atom. The van der Waals surface area contributed by atoms with Gasteiger partial charge in [-0.2, -0.15) is 4.31 Å². The van der Waals surface area contributed by atoms with Crippen LogP contribution in [0, 0.1) is 0 Å². The van der Waals surface area contributed by atoms with E-state index in [-0.39, 0.29) is 16.6 Å². The minimum atomic E-state index is -3.63. The van der Waals surface area contributed by atoms with Gasteiger partial charge >= 0.3 is 0 Å². The Balaban J connectivity index is 1.62. The molecule has 2 aromatic carbocycles. The largest absolute Gasteiger partial charge is 0.295 e. The van der Waals surface area contributed by atoms with Gasteiger partial charge < -0.3 is 0 Å². The number of fused-ring (bicyclic) bond motifs is 1. The topological polar surface area (TPSA) is 67.3 Å². The van der Waals surface area contributed by atoms with Crippen molar-refractivity contribution in [1.82, 2.24) is 9.29 Å².